The van der Waals surface area contributed by atoms with Crippen LogP contribution in [-0.2, 0) is 14.3 Å². The molecule has 0 aromatic rings. The molecule has 0 saturated carbocycles. The zero-order valence-corrected chi connectivity index (χ0v) is 9.61. The zero-order valence-electron chi connectivity index (χ0n) is 9.61. The molecule has 0 aliphatic rings. The molecule has 0 amide bonds. The number of carboxylic acid groups (broad SMARTS) is 2. The average molecular weight is 254 g/mol. The summed E-state index contributed by atoms with van der Waals surface area (Å²) in [6.07, 6.45) is -4.29. The minimum absolute atomic E-state index is 0.0291. The molecule has 0 saturated heterocycles. The van der Waals surface area contributed by atoms with E-state index in [4.69, 9.17) is 25.5 Å². The Morgan fingerprint density at radius 1 is 1.18 bits per heavy atom. The fraction of sp³-hybridized carbons (Fsp3) is 0.778. The van der Waals surface area contributed by atoms with Gasteiger partial charge in [-0.1, -0.05) is 0 Å². The molecule has 3 atom stereocenters. The van der Waals surface area contributed by atoms with Crippen molar-refractivity contribution in [2.45, 2.75) is 32.2 Å². The van der Waals surface area contributed by atoms with Crippen molar-refractivity contribution >= 4 is 11.9 Å². The molecule has 0 aromatic carbocycles. The maximum absolute atomic E-state index is 10.3. The molecule has 5 N–H and O–H groups in total. The van der Waals surface area contributed by atoms with E-state index in [2.05, 4.69) is 4.74 Å². The van der Waals surface area contributed by atoms with Crippen molar-refractivity contribution in [2.24, 2.45) is 0 Å². The van der Waals surface area contributed by atoms with Gasteiger partial charge in [0.25, 0.3) is 0 Å². The van der Waals surface area contributed by atoms with Crippen LogP contribution in [0, 0.1) is 0 Å². The van der Waals surface area contributed by atoms with Crippen molar-refractivity contribution in [2.75, 3.05) is 13.2 Å². The number of aliphatic hydroxyl groups is 3. The monoisotopic (exact) mass is 254 g/mol. The fourth-order valence-electron chi connectivity index (χ4n) is 0.607. The Kier molecular flexibility index (Phi) is 10.6. The number of rotatable bonds is 6. The Morgan fingerprint density at radius 2 is 1.59 bits per heavy atom. The second-order valence-corrected chi connectivity index (χ2v) is 3.03. The number of hydrogen-bond acceptors (Lipinski definition) is 6. The predicted octanol–water partition coefficient (Wildman–Crippen LogP) is -1.72. The van der Waals surface area contributed by atoms with Crippen LogP contribution in [0.5, 0.6) is 0 Å². The lowest BCUT2D eigenvalue weighted by atomic mass is 10.2. The molecule has 8 nitrogen and oxygen atoms in total. The van der Waals surface area contributed by atoms with Crippen molar-refractivity contribution < 1.29 is 39.9 Å². The summed E-state index contributed by atoms with van der Waals surface area (Å²) in [5.74, 6) is -3.11. The lowest BCUT2D eigenvalue weighted by Crippen LogP contribution is -2.41. The van der Waals surface area contributed by atoms with Crippen LogP contribution in [0.15, 0.2) is 0 Å². The third-order valence-electron chi connectivity index (χ3n) is 1.39. The molecule has 0 aliphatic heterocycles. The first-order valence-electron chi connectivity index (χ1n) is 4.82. The highest BCUT2D eigenvalue weighted by molar-refractivity contribution is 5.83. The maximum Gasteiger partial charge on any atom is 0.336 e. The Morgan fingerprint density at radius 3 is 1.76 bits per heavy atom. The molecule has 0 bridgehead atoms. The van der Waals surface area contributed by atoms with E-state index in [-0.39, 0.29) is 13.2 Å². The van der Waals surface area contributed by atoms with Gasteiger partial charge in [0.15, 0.2) is 12.2 Å². The van der Waals surface area contributed by atoms with Crippen LogP contribution in [0.3, 0.4) is 0 Å². The normalized spacial score (nSPS) is 15.1. The lowest BCUT2D eigenvalue weighted by molar-refractivity contribution is -0.170. The second-order valence-electron chi connectivity index (χ2n) is 3.03. The van der Waals surface area contributed by atoms with E-state index in [1.165, 1.54) is 13.8 Å². The van der Waals surface area contributed by atoms with Gasteiger partial charge in [0.1, 0.15) is 0 Å². The van der Waals surface area contributed by atoms with E-state index in [1.54, 1.807) is 0 Å². The zero-order chi connectivity index (χ0) is 14.0. The number of aliphatic hydroxyl groups excluding tert-OH is 3. The molecule has 0 rings (SSSR count). The maximum atomic E-state index is 10.3. The summed E-state index contributed by atoms with van der Waals surface area (Å²) >= 11 is 0. The van der Waals surface area contributed by atoms with Gasteiger partial charge in [0.2, 0.25) is 0 Å². The SMILES string of the molecule is CC(O)CO.CCOC(C(=O)O)C(O)C(=O)O. The average Bonchev–Trinajstić information content (AvgIpc) is 2.25. The van der Waals surface area contributed by atoms with Crippen molar-refractivity contribution in [3.63, 3.8) is 0 Å². The van der Waals surface area contributed by atoms with Crippen LogP contribution in [0.4, 0.5) is 0 Å². The highest BCUT2D eigenvalue weighted by atomic mass is 16.5. The predicted molar refractivity (Wildman–Crippen MR) is 55.5 cm³/mol. The van der Waals surface area contributed by atoms with Gasteiger partial charge in [-0.15, -0.1) is 0 Å². The summed E-state index contributed by atoms with van der Waals surface area (Å²) in [5, 5.41) is 41.4. The molecule has 0 fully saturated rings. The second kappa shape index (κ2) is 9.97. The molecule has 8 heteroatoms. The number of ether oxygens (including phenoxy) is 1. The Balaban J connectivity index is 0. The van der Waals surface area contributed by atoms with Crippen LogP contribution < -0.4 is 0 Å². The minimum Gasteiger partial charge on any atom is -0.479 e. The summed E-state index contributed by atoms with van der Waals surface area (Å²) in [5.41, 5.74) is 0. The van der Waals surface area contributed by atoms with Gasteiger partial charge in [-0.05, 0) is 13.8 Å². The minimum atomic E-state index is -2.03. The Labute approximate surface area is 98.1 Å². The van der Waals surface area contributed by atoms with E-state index in [1.807, 2.05) is 0 Å². The van der Waals surface area contributed by atoms with Crippen molar-refractivity contribution in [1.82, 2.24) is 0 Å². The summed E-state index contributed by atoms with van der Waals surface area (Å²) < 4.78 is 4.50. The standard InChI is InChI=1S/C6H10O6.C3H8O2/c1-2-12-4(6(10)11)3(7)5(8)9;1-3(5)2-4/h3-4,7H,2H2,1H3,(H,8,9)(H,10,11);3-5H,2H2,1H3. The number of hydrogen-bond donors (Lipinski definition) is 5. The third-order valence-corrected chi connectivity index (χ3v) is 1.39. The van der Waals surface area contributed by atoms with E-state index < -0.39 is 30.3 Å². The van der Waals surface area contributed by atoms with Gasteiger partial charge in [0, 0.05) is 6.61 Å². The molecule has 102 valence electrons. The van der Waals surface area contributed by atoms with Gasteiger partial charge in [-0.25, -0.2) is 9.59 Å². The molecule has 0 radical (unpaired) electrons. The van der Waals surface area contributed by atoms with Crippen LogP contribution in [0.1, 0.15) is 13.8 Å². The Bertz CT molecular complexity index is 227. The number of carbonyl (C=O) groups is 2. The summed E-state index contributed by atoms with van der Waals surface area (Å²) in [7, 11) is 0. The first-order chi connectivity index (χ1) is 7.77. The Hall–Kier alpha value is -1.22. The quantitative estimate of drug-likeness (QED) is 0.376. The highest BCUT2D eigenvalue weighted by Crippen LogP contribution is 2.00. The van der Waals surface area contributed by atoms with Gasteiger partial charge in [0.05, 0.1) is 12.7 Å². The van der Waals surface area contributed by atoms with E-state index in [0.717, 1.165) is 0 Å². The van der Waals surface area contributed by atoms with Crippen LogP contribution >= 0.6 is 0 Å². The summed E-state index contributed by atoms with van der Waals surface area (Å²) in [6.45, 7) is 2.92. The topological polar surface area (TPSA) is 145 Å². The molecule has 17 heavy (non-hydrogen) atoms. The lowest BCUT2D eigenvalue weighted by Gasteiger charge is -2.14. The molecule has 0 aliphatic carbocycles. The summed E-state index contributed by atoms with van der Waals surface area (Å²) in [4.78, 5) is 20.4. The van der Waals surface area contributed by atoms with Crippen LogP contribution in [0.2, 0.25) is 0 Å². The molecule has 0 heterocycles. The van der Waals surface area contributed by atoms with Crippen molar-refractivity contribution in [1.29, 1.82) is 0 Å². The largest absolute Gasteiger partial charge is 0.479 e. The van der Waals surface area contributed by atoms with E-state index in [0.29, 0.717) is 0 Å². The molecule has 0 aromatic heterocycles. The molecular weight excluding hydrogens is 236 g/mol. The molecular formula is C9H18O8. The van der Waals surface area contributed by atoms with Gasteiger partial charge in [-0.2, -0.15) is 0 Å². The fourth-order valence-corrected chi connectivity index (χ4v) is 0.607. The van der Waals surface area contributed by atoms with Crippen molar-refractivity contribution in [3.05, 3.63) is 0 Å². The number of carboxylic acids is 2. The van der Waals surface area contributed by atoms with E-state index in [9.17, 15) is 9.59 Å². The van der Waals surface area contributed by atoms with Gasteiger partial charge in [-0.3, -0.25) is 0 Å². The van der Waals surface area contributed by atoms with Crippen LogP contribution in [-0.4, -0.2) is 69.0 Å². The highest BCUT2D eigenvalue weighted by Gasteiger charge is 2.32. The molecule has 3 unspecified atom stereocenters. The van der Waals surface area contributed by atoms with Gasteiger partial charge < -0.3 is 30.3 Å². The van der Waals surface area contributed by atoms with E-state index >= 15 is 0 Å². The van der Waals surface area contributed by atoms with Crippen LogP contribution in [0.25, 0.3) is 0 Å². The summed E-state index contributed by atoms with van der Waals surface area (Å²) in [6, 6.07) is 0. The third kappa shape index (κ3) is 9.69. The first kappa shape index (κ1) is 18.2. The smallest absolute Gasteiger partial charge is 0.336 e. The first-order valence-corrected chi connectivity index (χ1v) is 4.82. The molecule has 0 spiro atoms. The van der Waals surface area contributed by atoms with Gasteiger partial charge >= 0.3 is 11.9 Å². The van der Waals surface area contributed by atoms with Crippen molar-refractivity contribution in [3.8, 4) is 0 Å². The number of aliphatic carboxylic acids is 2.